The van der Waals surface area contributed by atoms with Crippen LogP contribution in [0.2, 0.25) is 10.0 Å². The predicted molar refractivity (Wildman–Crippen MR) is 86.2 cm³/mol. The molecule has 0 saturated carbocycles. The molecule has 0 amide bonds. The maximum Gasteiger partial charge on any atom is 0.194 e. The maximum absolute atomic E-state index is 12.5. The van der Waals surface area contributed by atoms with Crippen LogP contribution in [0.15, 0.2) is 42.5 Å². The van der Waals surface area contributed by atoms with Crippen LogP contribution < -0.4 is 4.74 Å². The van der Waals surface area contributed by atoms with Crippen LogP contribution in [0.25, 0.3) is 0 Å². The van der Waals surface area contributed by atoms with Crippen LogP contribution in [0.3, 0.4) is 0 Å². The number of hydrogen-bond acceptors (Lipinski definition) is 3. The number of halogens is 2. The number of carbonyl (C=O) groups excluding carboxylic acids is 1. The van der Waals surface area contributed by atoms with Crippen LogP contribution in [-0.2, 0) is 4.74 Å². The van der Waals surface area contributed by atoms with Gasteiger partial charge in [0.2, 0.25) is 0 Å². The average molecular weight is 337 g/mol. The largest absolute Gasteiger partial charge is 0.488 e. The Kier molecular flexibility index (Phi) is 4.67. The summed E-state index contributed by atoms with van der Waals surface area (Å²) in [5.41, 5.74) is 0.936. The second kappa shape index (κ2) is 6.69. The lowest BCUT2D eigenvalue weighted by atomic mass is 10.0. The Morgan fingerprint density at radius 1 is 1.14 bits per heavy atom. The Bertz CT molecular complexity index is 677. The number of rotatable bonds is 4. The lowest BCUT2D eigenvalue weighted by Crippen LogP contribution is -2.15. The van der Waals surface area contributed by atoms with Gasteiger partial charge in [-0.25, -0.2) is 0 Å². The summed E-state index contributed by atoms with van der Waals surface area (Å²) in [6.45, 7) is 1.34. The zero-order chi connectivity index (χ0) is 15.5. The SMILES string of the molecule is O=C(c1ccc(O[C@H]2CCOC2)cc1)c1cc(Cl)ccc1Cl. The van der Waals surface area contributed by atoms with E-state index in [1.54, 1.807) is 42.5 Å². The summed E-state index contributed by atoms with van der Waals surface area (Å²) >= 11 is 12.0. The van der Waals surface area contributed by atoms with E-state index in [1.807, 2.05) is 0 Å². The topological polar surface area (TPSA) is 35.5 Å². The van der Waals surface area contributed by atoms with Gasteiger partial charge in [0.05, 0.1) is 18.2 Å². The molecule has 2 aromatic carbocycles. The maximum atomic E-state index is 12.5. The van der Waals surface area contributed by atoms with Crippen LogP contribution >= 0.6 is 23.2 Å². The van der Waals surface area contributed by atoms with Gasteiger partial charge in [-0.15, -0.1) is 0 Å². The Labute approximate surface area is 138 Å². The van der Waals surface area contributed by atoms with Crippen molar-refractivity contribution >= 4 is 29.0 Å². The third-order valence-electron chi connectivity index (χ3n) is 3.48. The standard InChI is InChI=1S/C17H14Cl2O3/c18-12-3-6-16(19)15(9-12)17(20)11-1-4-13(5-2-11)22-14-7-8-21-10-14/h1-6,9,14H,7-8,10H2/t14-/m0/s1. The fourth-order valence-electron chi connectivity index (χ4n) is 2.31. The van der Waals surface area contributed by atoms with Gasteiger partial charge >= 0.3 is 0 Å². The van der Waals surface area contributed by atoms with Gasteiger partial charge in [-0.2, -0.15) is 0 Å². The van der Waals surface area contributed by atoms with E-state index in [0.717, 1.165) is 18.8 Å². The highest BCUT2D eigenvalue weighted by Gasteiger charge is 2.18. The van der Waals surface area contributed by atoms with E-state index in [4.69, 9.17) is 32.7 Å². The summed E-state index contributed by atoms with van der Waals surface area (Å²) in [5.74, 6) is 0.562. The first kappa shape index (κ1) is 15.3. The van der Waals surface area contributed by atoms with E-state index in [2.05, 4.69) is 0 Å². The first-order valence-corrected chi connectivity index (χ1v) is 7.73. The van der Waals surface area contributed by atoms with Crippen molar-refractivity contribution in [2.75, 3.05) is 13.2 Å². The Morgan fingerprint density at radius 3 is 2.59 bits per heavy atom. The van der Waals surface area contributed by atoms with Crippen LogP contribution in [0, 0.1) is 0 Å². The summed E-state index contributed by atoms with van der Waals surface area (Å²) in [6, 6.07) is 11.9. The first-order chi connectivity index (χ1) is 10.6. The molecule has 0 spiro atoms. The molecule has 1 atom stereocenters. The Hall–Kier alpha value is -1.55. The second-order valence-corrected chi connectivity index (χ2v) is 5.92. The van der Waals surface area contributed by atoms with Crippen LogP contribution in [0.1, 0.15) is 22.3 Å². The number of ether oxygens (including phenoxy) is 2. The molecule has 0 bridgehead atoms. The highest BCUT2D eigenvalue weighted by atomic mass is 35.5. The van der Waals surface area contributed by atoms with E-state index in [-0.39, 0.29) is 11.9 Å². The summed E-state index contributed by atoms with van der Waals surface area (Å²) in [7, 11) is 0. The Morgan fingerprint density at radius 2 is 1.91 bits per heavy atom. The number of carbonyl (C=O) groups is 1. The van der Waals surface area contributed by atoms with Crippen LogP contribution in [0.4, 0.5) is 0 Å². The van der Waals surface area contributed by atoms with Crippen LogP contribution in [-0.4, -0.2) is 25.1 Å². The highest BCUT2D eigenvalue weighted by Crippen LogP contribution is 2.25. The lowest BCUT2D eigenvalue weighted by Gasteiger charge is -2.12. The zero-order valence-electron chi connectivity index (χ0n) is 11.7. The summed E-state index contributed by atoms with van der Waals surface area (Å²) in [6.07, 6.45) is 0.975. The first-order valence-electron chi connectivity index (χ1n) is 6.98. The van der Waals surface area contributed by atoms with Crippen LogP contribution in [0.5, 0.6) is 5.75 Å². The van der Waals surface area contributed by atoms with Crippen molar-refractivity contribution in [1.82, 2.24) is 0 Å². The molecule has 0 unspecified atom stereocenters. The third kappa shape index (κ3) is 3.43. The van der Waals surface area contributed by atoms with Crippen molar-refractivity contribution in [1.29, 1.82) is 0 Å². The molecule has 0 aromatic heterocycles. The van der Waals surface area contributed by atoms with E-state index < -0.39 is 0 Å². The monoisotopic (exact) mass is 336 g/mol. The molecular formula is C17H14Cl2O3. The minimum atomic E-state index is -0.164. The van der Waals surface area contributed by atoms with E-state index in [1.165, 1.54) is 0 Å². The molecule has 1 aliphatic rings. The van der Waals surface area contributed by atoms with Crippen molar-refractivity contribution in [3.05, 3.63) is 63.6 Å². The van der Waals surface area contributed by atoms with E-state index >= 15 is 0 Å². The normalized spacial score (nSPS) is 17.5. The van der Waals surface area contributed by atoms with Crippen molar-refractivity contribution in [2.45, 2.75) is 12.5 Å². The number of ketones is 1. The molecule has 1 heterocycles. The molecule has 2 aromatic rings. The minimum absolute atomic E-state index is 0.0870. The Balaban J connectivity index is 1.77. The zero-order valence-corrected chi connectivity index (χ0v) is 13.2. The van der Waals surface area contributed by atoms with Gasteiger partial charge in [-0.05, 0) is 42.5 Å². The second-order valence-electron chi connectivity index (χ2n) is 5.08. The predicted octanol–water partition coefficient (Wildman–Crippen LogP) is 4.39. The molecule has 0 aliphatic carbocycles. The molecule has 0 N–H and O–H groups in total. The van der Waals surface area contributed by atoms with Gasteiger partial charge in [0.25, 0.3) is 0 Å². The van der Waals surface area contributed by atoms with E-state index in [9.17, 15) is 4.79 Å². The molecule has 5 heteroatoms. The minimum Gasteiger partial charge on any atom is -0.488 e. The molecule has 1 aliphatic heterocycles. The van der Waals surface area contributed by atoms with Gasteiger partial charge in [0.15, 0.2) is 5.78 Å². The quantitative estimate of drug-likeness (QED) is 0.776. The highest BCUT2D eigenvalue weighted by molar-refractivity contribution is 6.36. The molecule has 1 fully saturated rings. The average Bonchev–Trinajstić information content (AvgIpc) is 3.03. The fourth-order valence-corrected chi connectivity index (χ4v) is 2.69. The number of benzene rings is 2. The summed E-state index contributed by atoms with van der Waals surface area (Å²) in [5, 5.41) is 0.867. The molecular weight excluding hydrogens is 323 g/mol. The van der Waals surface area contributed by atoms with Gasteiger partial charge in [0.1, 0.15) is 11.9 Å². The van der Waals surface area contributed by atoms with Crippen molar-refractivity contribution in [3.8, 4) is 5.75 Å². The lowest BCUT2D eigenvalue weighted by molar-refractivity contribution is 0.103. The van der Waals surface area contributed by atoms with Crippen molar-refractivity contribution < 1.29 is 14.3 Å². The van der Waals surface area contributed by atoms with E-state index in [0.29, 0.717) is 27.8 Å². The molecule has 22 heavy (non-hydrogen) atoms. The summed E-state index contributed by atoms with van der Waals surface area (Å²) in [4.78, 5) is 12.5. The van der Waals surface area contributed by atoms with Gasteiger partial charge in [-0.1, -0.05) is 23.2 Å². The third-order valence-corrected chi connectivity index (χ3v) is 4.04. The molecule has 3 rings (SSSR count). The molecule has 114 valence electrons. The van der Waals surface area contributed by atoms with Gasteiger partial charge in [-0.3, -0.25) is 4.79 Å². The molecule has 0 radical (unpaired) electrons. The van der Waals surface area contributed by atoms with Gasteiger partial charge < -0.3 is 9.47 Å². The smallest absolute Gasteiger partial charge is 0.194 e. The molecule has 1 saturated heterocycles. The number of hydrogen-bond donors (Lipinski definition) is 0. The van der Waals surface area contributed by atoms with Gasteiger partial charge in [0, 0.05) is 22.6 Å². The van der Waals surface area contributed by atoms with Crippen molar-refractivity contribution in [2.24, 2.45) is 0 Å². The van der Waals surface area contributed by atoms with Crippen molar-refractivity contribution in [3.63, 3.8) is 0 Å². The molecule has 3 nitrogen and oxygen atoms in total. The fraction of sp³-hybridized carbons (Fsp3) is 0.235. The summed E-state index contributed by atoms with van der Waals surface area (Å²) < 4.78 is 11.0.